The molecule has 2 heterocycles. The molecule has 1 aromatic heterocycles. The highest BCUT2D eigenvalue weighted by Gasteiger charge is 2.29. The van der Waals surface area contributed by atoms with E-state index in [2.05, 4.69) is 9.88 Å². The van der Waals surface area contributed by atoms with Gasteiger partial charge in [-0.05, 0) is 38.8 Å². The largest absolute Gasteiger partial charge is 0.411 e. The molecule has 1 unspecified atom stereocenters. The quantitative estimate of drug-likeness (QED) is 0.751. The molecule has 1 aliphatic carbocycles. The van der Waals surface area contributed by atoms with Crippen LogP contribution in [0.15, 0.2) is 12.3 Å². The van der Waals surface area contributed by atoms with Gasteiger partial charge in [0.25, 0.3) is 0 Å². The molecule has 3 rings (SSSR count). The molecule has 1 atom stereocenters. The first-order valence-electron chi connectivity index (χ1n) is 5.96. The van der Waals surface area contributed by atoms with Gasteiger partial charge in [-0.1, -0.05) is 0 Å². The van der Waals surface area contributed by atoms with E-state index in [1.807, 2.05) is 6.07 Å². The minimum absolute atomic E-state index is 0.666. The van der Waals surface area contributed by atoms with Gasteiger partial charge in [0.15, 0.2) is 5.75 Å². The highest BCUT2D eigenvalue weighted by atomic mass is 16.6. The standard InChI is InChI=1S/C12H17N3O/c13-16-12-4-5-14-11-3-2-9(8-10(11)12)15-6-1-7-15/h4-5,9H,1-3,6-8,13H2. The maximum Gasteiger partial charge on any atom is 0.153 e. The lowest BCUT2D eigenvalue weighted by molar-refractivity contribution is 0.106. The predicted octanol–water partition coefficient (Wildman–Crippen LogP) is 0.897. The number of aromatic nitrogens is 1. The van der Waals surface area contributed by atoms with Gasteiger partial charge in [-0.3, -0.25) is 9.88 Å². The SMILES string of the molecule is NOc1ccnc2c1CC(N1CCC1)CC2. The molecule has 1 aliphatic heterocycles. The number of hydrogen-bond donors (Lipinski definition) is 1. The lowest BCUT2D eigenvalue weighted by Gasteiger charge is -2.40. The van der Waals surface area contributed by atoms with E-state index in [0.29, 0.717) is 6.04 Å². The Morgan fingerprint density at radius 3 is 3.00 bits per heavy atom. The van der Waals surface area contributed by atoms with Crippen LogP contribution in [-0.4, -0.2) is 29.0 Å². The molecule has 2 N–H and O–H groups in total. The third kappa shape index (κ3) is 1.58. The molecule has 4 heteroatoms. The van der Waals surface area contributed by atoms with Gasteiger partial charge < -0.3 is 4.84 Å². The Morgan fingerprint density at radius 1 is 1.44 bits per heavy atom. The molecule has 0 saturated carbocycles. The maximum absolute atomic E-state index is 5.30. The Morgan fingerprint density at radius 2 is 2.31 bits per heavy atom. The van der Waals surface area contributed by atoms with E-state index in [9.17, 15) is 0 Å². The van der Waals surface area contributed by atoms with Crippen LogP contribution in [0.25, 0.3) is 0 Å². The van der Waals surface area contributed by atoms with Gasteiger partial charge in [0, 0.05) is 29.6 Å². The number of nitrogens with zero attached hydrogens (tertiary/aromatic N) is 2. The van der Waals surface area contributed by atoms with Crippen LogP contribution in [-0.2, 0) is 12.8 Å². The van der Waals surface area contributed by atoms with Crippen molar-refractivity contribution in [3.05, 3.63) is 23.5 Å². The van der Waals surface area contributed by atoms with E-state index in [1.54, 1.807) is 6.20 Å². The van der Waals surface area contributed by atoms with Gasteiger partial charge >= 0.3 is 0 Å². The van der Waals surface area contributed by atoms with Gasteiger partial charge in [0.2, 0.25) is 0 Å². The van der Waals surface area contributed by atoms with E-state index in [-0.39, 0.29) is 0 Å². The van der Waals surface area contributed by atoms with E-state index in [0.717, 1.165) is 18.6 Å². The van der Waals surface area contributed by atoms with E-state index < -0.39 is 0 Å². The Bertz CT molecular complexity index is 376. The predicted molar refractivity (Wildman–Crippen MR) is 61.1 cm³/mol. The highest BCUT2D eigenvalue weighted by Crippen LogP contribution is 2.31. The average molecular weight is 219 g/mol. The van der Waals surface area contributed by atoms with E-state index >= 15 is 0 Å². The molecule has 1 aromatic rings. The number of pyridine rings is 1. The molecule has 0 radical (unpaired) electrons. The smallest absolute Gasteiger partial charge is 0.153 e. The Labute approximate surface area is 95.4 Å². The second kappa shape index (κ2) is 4.03. The average Bonchev–Trinajstić information content (AvgIpc) is 2.26. The van der Waals surface area contributed by atoms with E-state index in [4.69, 9.17) is 10.7 Å². The van der Waals surface area contributed by atoms with Crippen LogP contribution in [0.3, 0.4) is 0 Å². The van der Waals surface area contributed by atoms with Crippen molar-refractivity contribution in [2.45, 2.75) is 31.7 Å². The van der Waals surface area contributed by atoms with Crippen LogP contribution in [0.4, 0.5) is 0 Å². The summed E-state index contributed by atoms with van der Waals surface area (Å²) in [7, 11) is 0. The number of aryl methyl sites for hydroxylation is 1. The van der Waals surface area contributed by atoms with Crippen LogP contribution in [0.5, 0.6) is 5.75 Å². The summed E-state index contributed by atoms with van der Waals surface area (Å²) < 4.78 is 0. The third-order valence-corrected chi connectivity index (χ3v) is 3.79. The number of rotatable bonds is 2. The topological polar surface area (TPSA) is 51.4 Å². The zero-order valence-corrected chi connectivity index (χ0v) is 9.35. The Kier molecular flexibility index (Phi) is 2.53. The normalized spacial score (nSPS) is 24.7. The number of fused-ring (bicyclic) bond motifs is 1. The number of hydrogen-bond acceptors (Lipinski definition) is 4. The molecule has 2 aliphatic rings. The molecular formula is C12H17N3O. The molecule has 4 nitrogen and oxygen atoms in total. The molecular weight excluding hydrogens is 202 g/mol. The van der Waals surface area contributed by atoms with Crippen molar-refractivity contribution < 1.29 is 4.84 Å². The summed E-state index contributed by atoms with van der Waals surface area (Å²) in [6.45, 7) is 2.50. The van der Waals surface area contributed by atoms with Crippen molar-refractivity contribution >= 4 is 0 Å². The molecule has 0 spiro atoms. The minimum atomic E-state index is 0.666. The lowest BCUT2D eigenvalue weighted by atomic mass is 9.89. The second-order valence-corrected chi connectivity index (χ2v) is 4.64. The lowest BCUT2D eigenvalue weighted by Crippen LogP contribution is -2.47. The number of nitrogens with two attached hydrogens (primary N) is 1. The van der Waals surface area contributed by atoms with Crippen molar-refractivity contribution in [3.63, 3.8) is 0 Å². The van der Waals surface area contributed by atoms with Crippen molar-refractivity contribution in [1.82, 2.24) is 9.88 Å². The highest BCUT2D eigenvalue weighted by molar-refractivity contribution is 5.38. The molecule has 16 heavy (non-hydrogen) atoms. The van der Waals surface area contributed by atoms with Gasteiger partial charge in [-0.2, -0.15) is 5.90 Å². The van der Waals surface area contributed by atoms with Crippen LogP contribution in [0.1, 0.15) is 24.1 Å². The molecule has 0 aromatic carbocycles. The van der Waals surface area contributed by atoms with Crippen molar-refractivity contribution in [2.24, 2.45) is 5.90 Å². The first-order chi connectivity index (χ1) is 7.88. The zero-order chi connectivity index (χ0) is 11.0. The summed E-state index contributed by atoms with van der Waals surface area (Å²) in [6.07, 6.45) is 6.43. The van der Waals surface area contributed by atoms with Crippen molar-refractivity contribution in [2.75, 3.05) is 13.1 Å². The summed E-state index contributed by atoms with van der Waals surface area (Å²) in [5.41, 5.74) is 2.38. The van der Waals surface area contributed by atoms with Crippen LogP contribution >= 0.6 is 0 Å². The summed E-state index contributed by atoms with van der Waals surface area (Å²) in [5, 5.41) is 0. The monoisotopic (exact) mass is 219 g/mol. The first-order valence-corrected chi connectivity index (χ1v) is 5.96. The van der Waals surface area contributed by atoms with Crippen LogP contribution in [0, 0.1) is 0 Å². The fourth-order valence-corrected chi connectivity index (χ4v) is 2.72. The second-order valence-electron chi connectivity index (χ2n) is 4.64. The minimum Gasteiger partial charge on any atom is -0.411 e. The van der Waals surface area contributed by atoms with Crippen LogP contribution in [0.2, 0.25) is 0 Å². The van der Waals surface area contributed by atoms with Gasteiger partial charge in [-0.25, -0.2) is 0 Å². The van der Waals surface area contributed by atoms with Gasteiger partial charge in [-0.15, -0.1) is 0 Å². The van der Waals surface area contributed by atoms with Crippen molar-refractivity contribution in [1.29, 1.82) is 0 Å². The number of likely N-dealkylation sites (tertiary alicyclic amines) is 1. The summed E-state index contributed by atoms with van der Waals surface area (Å²) in [4.78, 5) is 11.9. The van der Waals surface area contributed by atoms with Gasteiger partial charge in [0.05, 0.1) is 0 Å². The molecule has 0 bridgehead atoms. The molecule has 1 fully saturated rings. The van der Waals surface area contributed by atoms with Crippen molar-refractivity contribution in [3.8, 4) is 5.75 Å². The van der Waals surface area contributed by atoms with Crippen LogP contribution < -0.4 is 10.7 Å². The maximum atomic E-state index is 5.30. The first kappa shape index (κ1) is 10.1. The Balaban J connectivity index is 1.85. The summed E-state index contributed by atoms with van der Waals surface area (Å²) in [6, 6.07) is 2.52. The molecule has 1 saturated heterocycles. The Hall–Kier alpha value is -1.13. The van der Waals surface area contributed by atoms with Gasteiger partial charge in [0.1, 0.15) is 0 Å². The molecule has 0 amide bonds. The summed E-state index contributed by atoms with van der Waals surface area (Å²) in [5.74, 6) is 6.10. The third-order valence-electron chi connectivity index (χ3n) is 3.79. The molecule has 86 valence electrons. The summed E-state index contributed by atoms with van der Waals surface area (Å²) >= 11 is 0. The fourth-order valence-electron chi connectivity index (χ4n) is 2.72. The van der Waals surface area contributed by atoms with E-state index in [1.165, 1.54) is 37.2 Å². The zero-order valence-electron chi connectivity index (χ0n) is 9.35. The fraction of sp³-hybridized carbons (Fsp3) is 0.583.